The summed E-state index contributed by atoms with van der Waals surface area (Å²) in [5, 5.41) is 0. The third kappa shape index (κ3) is 3.69. The van der Waals surface area contributed by atoms with Gasteiger partial charge in [0.1, 0.15) is 0 Å². The second-order valence-corrected chi connectivity index (χ2v) is 5.31. The zero-order valence-electron chi connectivity index (χ0n) is 11.5. The summed E-state index contributed by atoms with van der Waals surface area (Å²) in [6.45, 7) is 3.93. The molecule has 2 aliphatic rings. The first-order valence-corrected chi connectivity index (χ1v) is 7.28. The number of hydrogen-bond acceptors (Lipinski definition) is 2. The van der Waals surface area contributed by atoms with Gasteiger partial charge in [-0.2, -0.15) is 0 Å². The van der Waals surface area contributed by atoms with Gasteiger partial charge in [0.05, 0.1) is 6.04 Å². The normalized spacial score (nSPS) is 28.9. The van der Waals surface area contributed by atoms with Gasteiger partial charge in [0.15, 0.2) is 0 Å². The van der Waals surface area contributed by atoms with Crippen molar-refractivity contribution in [2.75, 3.05) is 0 Å². The van der Waals surface area contributed by atoms with Crippen molar-refractivity contribution in [2.24, 2.45) is 22.6 Å². The molecule has 0 saturated heterocycles. The average Bonchev–Trinajstić information content (AvgIpc) is 2.48. The lowest BCUT2D eigenvalue weighted by Gasteiger charge is -2.24. The maximum Gasteiger partial charge on any atom is 0.0503 e. The highest BCUT2D eigenvalue weighted by atomic mass is 14.8. The van der Waals surface area contributed by atoms with Crippen LogP contribution in [0.3, 0.4) is 0 Å². The monoisotopic (exact) mass is 256 g/mol. The number of rotatable bonds is 4. The maximum atomic E-state index is 5.60. The van der Waals surface area contributed by atoms with Crippen LogP contribution >= 0.6 is 0 Å². The van der Waals surface area contributed by atoms with Crippen LogP contribution in [0.2, 0.25) is 0 Å². The van der Waals surface area contributed by atoms with Crippen LogP contribution in [-0.2, 0) is 0 Å². The maximum absolute atomic E-state index is 5.60. The molecule has 2 nitrogen and oxygen atoms in total. The van der Waals surface area contributed by atoms with Crippen molar-refractivity contribution in [3.8, 4) is 0 Å². The summed E-state index contributed by atoms with van der Waals surface area (Å²) in [6, 6.07) is 0.477. The van der Waals surface area contributed by atoms with E-state index in [0.29, 0.717) is 12.0 Å². The molecule has 0 heterocycles. The Hall–Kier alpha value is -1.57. The smallest absolute Gasteiger partial charge is 0.0503 e. The number of nitrogens with two attached hydrogens (primary N) is 1. The Bertz CT molecular complexity index is 409. The fourth-order valence-electron chi connectivity index (χ4n) is 2.91. The highest BCUT2D eigenvalue weighted by Gasteiger charge is 2.21. The van der Waals surface area contributed by atoms with Crippen LogP contribution in [0, 0.1) is 11.8 Å². The minimum atomic E-state index is 0.282. The molecule has 0 spiro atoms. The van der Waals surface area contributed by atoms with Crippen molar-refractivity contribution in [3.63, 3.8) is 0 Å². The standard InChI is InChI=1S/C17H24N2/c1-2-14-8-6-7-11-16(14)17(12-13-18)19-15-9-4-3-5-10-15/h2,6-8,11-16H,1,3-5,9-10,18H2. The predicted molar refractivity (Wildman–Crippen MR) is 83.1 cm³/mol. The van der Waals surface area contributed by atoms with E-state index in [4.69, 9.17) is 10.7 Å². The molecule has 2 N–H and O–H groups in total. The Balaban J connectivity index is 2.18. The quantitative estimate of drug-likeness (QED) is 0.603. The van der Waals surface area contributed by atoms with Gasteiger partial charge in [0.25, 0.3) is 0 Å². The molecule has 0 amide bonds. The highest BCUT2D eigenvalue weighted by molar-refractivity contribution is 5.98. The first-order chi connectivity index (χ1) is 9.35. The van der Waals surface area contributed by atoms with Gasteiger partial charge in [-0.15, -0.1) is 6.58 Å². The summed E-state index contributed by atoms with van der Waals surface area (Å²) in [7, 11) is 0. The van der Waals surface area contributed by atoms with E-state index in [0.717, 1.165) is 5.71 Å². The summed E-state index contributed by atoms with van der Waals surface area (Å²) >= 11 is 0. The molecule has 2 unspecified atom stereocenters. The molecule has 1 saturated carbocycles. The van der Waals surface area contributed by atoms with Gasteiger partial charge in [-0.05, 0) is 25.1 Å². The van der Waals surface area contributed by atoms with E-state index in [1.807, 2.05) is 12.2 Å². The van der Waals surface area contributed by atoms with E-state index in [2.05, 4.69) is 30.9 Å². The van der Waals surface area contributed by atoms with Crippen LogP contribution in [0.15, 0.2) is 54.2 Å². The van der Waals surface area contributed by atoms with E-state index in [1.165, 1.54) is 32.1 Å². The largest absolute Gasteiger partial charge is 0.405 e. The van der Waals surface area contributed by atoms with Gasteiger partial charge < -0.3 is 5.73 Å². The second kappa shape index (κ2) is 7.13. The van der Waals surface area contributed by atoms with E-state index >= 15 is 0 Å². The molecule has 1 fully saturated rings. The van der Waals surface area contributed by atoms with Gasteiger partial charge in [-0.3, -0.25) is 4.99 Å². The van der Waals surface area contributed by atoms with Crippen molar-refractivity contribution >= 4 is 5.71 Å². The number of aliphatic imine (C=N–C) groups is 1. The highest BCUT2D eigenvalue weighted by Crippen LogP contribution is 2.26. The second-order valence-electron chi connectivity index (χ2n) is 5.31. The van der Waals surface area contributed by atoms with E-state index < -0.39 is 0 Å². The van der Waals surface area contributed by atoms with Gasteiger partial charge in [0, 0.05) is 17.5 Å². The lowest BCUT2D eigenvalue weighted by Crippen LogP contribution is -2.22. The molecule has 2 aliphatic carbocycles. The molecule has 2 rings (SSSR count). The molecule has 0 aliphatic heterocycles. The molecule has 0 aromatic rings. The molecule has 0 bridgehead atoms. The van der Waals surface area contributed by atoms with Crippen LogP contribution in [0.1, 0.15) is 32.1 Å². The number of hydrogen-bond donors (Lipinski definition) is 1. The van der Waals surface area contributed by atoms with Crippen molar-refractivity contribution in [2.45, 2.75) is 38.1 Å². The Labute approximate surface area is 116 Å². The zero-order valence-corrected chi connectivity index (χ0v) is 11.5. The van der Waals surface area contributed by atoms with Crippen molar-refractivity contribution < 1.29 is 0 Å². The Morgan fingerprint density at radius 1 is 1.16 bits per heavy atom. The molecule has 0 aromatic heterocycles. The molecular weight excluding hydrogens is 232 g/mol. The Kier molecular flexibility index (Phi) is 5.20. The number of allylic oxidation sites excluding steroid dienone is 6. The van der Waals surface area contributed by atoms with E-state index in [1.54, 1.807) is 6.20 Å². The summed E-state index contributed by atoms with van der Waals surface area (Å²) < 4.78 is 0. The summed E-state index contributed by atoms with van der Waals surface area (Å²) in [4.78, 5) is 4.96. The SMILES string of the molecule is C=CC1C=CC=CC1C(C=CN)=NC1CCCCC1. The Morgan fingerprint density at radius 3 is 2.58 bits per heavy atom. The molecule has 19 heavy (non-hydrogen) atoms. The van der Waals surface area contributed by atoms with Crippen LogP contribution in [0.5, 0.6) is 0 Å². The first kappa shape index (κ1) is 13.9. The van der Waals surface area contributed by atoms with Crippen LogP contribution < -0.4 is 5.73 Å². The summed E-state index contributed by atoms with van der Waals surface area (Å²) in [6.07, 6.45) is 20.5. The third-order valence-corrected chi connectivity index (χ3v) is 3.96. The Morgan fingerprint density at radius 2 is 1.89 bits per heavy atom. The fourth-order valence-corrected chi connectivity index (χ4v) is 2.91. The van der Waals surface area contributed by atoms with E-state index in [9.17, 15) is 0 Å². The van der Waals surface area contributed by atoms with Gasteiger partial charge in [-0.25, -0.2) is 0 Å². The van der Waals surface area contributed by atoms with Crippen LogP contribution in [0.4, 0.5) is 0 Å². The van der Waals surface area contributed by atoms with Crippen molar-refractivity contribution in [1.29, 1.82) is 0 Å². The summed E-state index contributed by atoms with van der Waals surface area (Å²) in [5.41, 5.74) is 6.70. The van der Waals surface area contributed by atoms with Crippen molar-refractivity contribution in [1.82, 2.24) is 0 Å². The van der Waals surface area contributed by atoms with Gasteiger partial charge >= 0.3 is 0 Å². The minimum absolute atomic E-state index is 0.282. The fraction of sp³-hybridized carbons (Fsp3) is 0.471. The van der Waals surface area contributed by atoms with Crippen LogP contribution in [-0.4, -0.2) is 11.8 Å². The van der Waals surface area contributed by atoms with Crippen LogP contribution in [0.25, 0.3) is 0 Å². The molecular formula is C17H24N2. The molecule has 0 radical (unpaired) electrons. The topological polar surface area (TPSA) is 38.4 Å². The molecule has 102 valence electrons. The summed E-state index contributed by atoms with van der Waals surface area (Å²) in [5.74, 6) is 0.604. The molecule has 2 heteroatoms. The van der Waals surface area contributed by atoms with E-state index in [-0.39, 0.29) is 5.92 Å². The lowest BCUT2D eigenvalue weighted by atomic mass is 9.84. The lowest BCUT2D eigenvalue weighted by molar-refractivity contribution is 0.442. The first-order valence-electron chi connectivity index (χ1n) is 7.28. The predicted octanol–water partition coefficient (Wildman–Crippen LogP) is 3.78. The third-order valence-electron chi connectivity index (χ3n) is 3.96. The molecule has 0 aromatic carbocycles. The minimum Gasteiger partial charge on any atom is -0.405 e. The van der Waals surface area contributed by atoms with Gasteiger partial charge in [0.2, 0.25) is 0 Å². The number of nitrogens with zero attached hydrogens (tertiary/aromatic N) is 1. The molecule has 2 atom stereocenters. The zero-order chi connectivity index (χ0) is 13.5. The van der Waals surface area contributed by atoms with Crippen molar-refractivity contribution in [3.05, 3.63) is 49.2 Å². The average molecular weight is 256 g/mol. The van der Waals surface area contributed by atoms with Gasteiger partial charge in [-0.1, -0.05) is 49.6 Å².